The Bertz CT molecular complexity index is 1460. The first-order valence-electron chi connectivity index (χ1n) is 12.0. The number of aliphatic hydroxyl groups is 1. The summed E-state index contributed by atoms with van der Waals surface area (Å²) in [6.45, 7) is 1.05. The van der Waals surface area contributed by atoms with Gasteiger partial charge in [-0.15, -0.1) is 0 Å². The van der Waals surface area contributed by atoms with E-state index in [0.29, 0.717) is 22.4 Å². The van der Waals surface area contributed by atoms with E-state index in [-0.39, 0.29) is 40.3 Å². The van der Waals surface area contributed by atoms with Crippen LogP contribution in [0.1, 0.15) is 42.2 Å². The van der Waals surface area contributed by atoms with Gasteiger partial charge in [0.1, 0.15) is 6.33 Å². The lowest BCUT2D eigenvalue weighted by molar-refractivity contribution is -0.144. The molecule has 3 heterocycles. The Morgan fingerprint density at radius 1 is 1.26 bits per heavy atom. The molecule has 1 atom stereocenters. The number of rotatable bonds is 7. The van der Waals surface area contributed by atoms with E-state index in [1.807, 2.05) is 0 Å². The molecule has 1 saturated carbocycles. The predicted molar refractivity (Wildman–Crippen MR) is 135 cm³/mol. The van der Waals surface area contributed by atoms with Crippen molar-refractivity contribution in [3.63, 3.8) is 0 Å². The Hall–Kier alpha value is -3.70. The van der Waals surface area contributed by atoms with Crippen LogP contribution in [0.2, 0.25) is 5.02 Å². The summed E-state index contributed by atoms with van der Waals surface area (Å²) in [5.74, 6) is -0.306. The fourth-order valence-corrected chi connectivity index (χ4v) is 4.85. The number of aromatic amines is 1. The monoisotopic (exact) mass is 544 g/mol. The molecule has 1 aliphatic carbocycles. The van der Waals surface area contributed by atoms with Gasteiger partial charge in [0.05, 0.1) is 40.8 Å². The third-order valence-corrected chi connectivity index (χ3v) is 6.91. The third kappa shape index (κ3) is 4.91. The zero-order valence-electron chi connectivity index (χ0n) is 20.3. The molecule has 0 spiro atoms. The van der Waals surface area contributed by atoms with E-state index in [4.69, 9.17) is 11.6 Å². The summed E-state index contributed by atoms with van der Waals surface area (Å²) in [7, 11) is 0. The molecule has 1 aromatic carbocycles. The van der Waals surface area contributed by atoms with E-state index in [1.165, 1.54) is 25.6 Å². The maximum Gasteiger partial charge on any atom is 0.433 e. The first kappa shape index (κ1) is 25.9. The van der Waals surface area contributed by atoms with Crippen LogP contribution in [0.25, 0.3) is 33.6 Å². The van der Waals surface area contributed by atoms with Crippen molar-refractivity contribution in [1.29, 1.82) is 0 Å². The molecule has 8 nitrogen and oxygen atoms in total. The summed E-state index contributed by atoms with van der Waals surface area (Å²) >= 11 is 6.73. The van der Waals surface area contributed by atoms with Gasteiger partial charge < -0.3 is 15.4 Å². The highest BCUT2D eigenvalue weighted by Gasteiger charge is 2.40. The molecule has 0 saturated heterocycles. The Balaban J connectivity index is 1.68. The minimum Gasteiger partial charge on any atom is -0.391 e. The number of amides is 1. The van der Waals surface area contributed by atoms with Crippen LogP contribution in [0.5, 0.6) is 0 Å². The normalized spacial score (nSPS) is 14.8. The number of H-pyrrole nitrogens is 1. The first-order chi connectivity index (χ1) is 18.1. The lowest BCUT2D eigenvalue weighted by Crippen LogP contribution is -2.39. The molecule has 1 fully saturated rings. The van der Waals surface area contributed by atoms with Crippen molar-refractivity contribution in [3.05, 3.63) is 65.5 Å². The summed E-state index contributed by atoms with van der Waals surface area (Å²) < 4.78 is 43.5. The SMILES string of the molecule is C[C@@H](O)Cn1ncc(-c2[nH]cc(-c3cccc(C(=O)NC4CCC4)c3Cl)c2-c2ccncn2)c1C(F)(F)F. The van der Waals surface area contributed by atoms with E-state index in [0.717, 1.165) is 30.1 Å². The number of halogens is 4. The molecule has 38 heavy (non-hydrogen) atoms. The topological polar surface area (TPSA) is 109 Å². The van der Waals surface area contributed by atoms with Gasteiger partial charge in [-0.25, -0.2) is 9.97 Å². The number of benzene rings is 1. The summed E-state index contributed by atoms with van der Waals surface area (Å²) in [5.41, 5.74) is 0.759. The Kier molecular flexibility index (Phi) is 6.97. The smallest absolute Gasteiger partial charge is 0.391 e. The van der Waals surface area contributed by atoms with E-state index in [9.17, 15) is 23.1 Å². The van der Waals surface area contributed by atoms with Gasteiger partial charge in [0.15, 0.2) is 5.69 Å². The molecule has 198 valence electrons. The van der Waals surface area contributed by atoms with E-state index in [1.54, 1.807) is 24.3 Å². The lowest BCUT2D eigenvalue weighted by atomic mass is 9.92. The van der Waals surface area contributed by atoms with Gasteiger partial charge in [-0.2, -0.15) is 18.3 Å². The van der Waals surface area contributed by atoms with Crippen molar-refractivity contribution < 1.29 is 23.1 Å². The molecule has 0 unspecified atom stereocenters. The molecule has 1 amide bonds. The highest BCUT2D eigenvalue weighted by Crippen LogP contribution is 2.45. The van der Waals surface area contributed by atoms with Crippen LogP contribution >= 0.6 is 11.6 Å². The highest BCUT2D eigenvalue weighted by molar-refractivity contribution is 6.36. The van der Waals surface area contributed by atoms with Crippen molar-refractivity contribution in [2.24, 2.45) is 0 Å². The van der Waals surface area contributed by atoms with Crippen LogP contribution < -0.4 is 5.32 Å². The van der Waals surface area contributed by atoms with E-state index in [2.05, 4.69) is 25.4 Å². The Morgan fingerprint density at radius 3 is 2.68 bits per heavy atom. The van der Waals surface area contributed by atoms with Gasteiger partial charge in [-0.3, -0.25) is 9.48 Å². The first-order valence-corrected chi connectivity index (χ1v) is 12.4. The van der Waals surface area contributed by atoms with Gasteiger partial charge in [-0.05, 0) is 38.3 Å². The molecule has 5 rings (SSSR count). The average molecular weight is 545 g/mol. The molecule has 0 bridgehead atoms. The summed E-state index contributed by atoms with van der Waals surface area (Å²) in [4.78, 5) is 24.1. The molecular weight excluding hydrogens is 521 g/mol. The molecule has 3 aromatic heterocycles. The number of hydrogen-bond donors (Lipinski definition) is 3. The highest BCUT2D eigenvalue weighted by atomic mass is 35.5. The average Bonchev–Trinajstić information content (AvgIpc) is 3.46. The molecule has 1 aliphatic rings. The number of carbonyl (C=O) groups excluding carboxylic acids is 1. The zero-order valence-corrected chi connectivity index (χ0v) is 21.0. The zero-order chi connectivity index (χ0) is 27.0. The van der Waals surface area contributed by atoms with Crippen molar-refractivity contribution >= 4 is 17.5 Å². The van der Waals surface area contributed by atoms with Crippen molar-refractivity contribution in [1.82, 2.24) is 30.0 Å². The largest absolute Gasteiger partial charge is 0.433 e. The Labute approximate surface area is 220 Å². The molecule has 12 heteroatoms. The van der Waals surface area contributed by atoms with Gasteiger partial charge >= 0.3 is 6.18 Å². The Morgan fingerprint density at radius 2 is 2.05 bits per heavy atom. The molecule has 0 aliphatic heterocycles. The minimum absolute atomic E-state index is 0.108. The maximum atomic E-state index is 14.2. The van der Waals surface area contributed by atoms with Crippen molar-refractivity contribution in [2.75, 3.05) is 0 Å². The number of nitrogens with one attached hydrogen (secondary N) is 2. The van der Waals surface area contributed by atoms with Crippen LogP contribution in [0.3, 0.4) is 0 Å². The van der Waals surface area contributed by atoms with Gasteiger partial charge in [0.2, 0.25) is 0 Å². The molecule has 4 aromatic rings. The second-order valence-corrected chi connectivity index (χ2v) is 9.63. The van der Waals surface area contributed by atoms with Crippen LogP contribution in [0, 0.1) is 0 Å². The third-order valence-electron chi connectivity index (χ3n) is 6.51. The fourth-order valence-electron chi connectivity index (χ4n) is 4.54. The summed E-state index contributed by atoms with van der Waals surface area (Å²) in [6.07, 6.45) is 2.49. The van der Waals surface area contributed by atoms with Crippen LogP contribution in [0.15, 0.2) is 49.2 Å². The van der Waals surface area contributed by atoms with E-state index < -0.39 is 18.0 Å². The van der Waals surface area contributed by atoms with Crippen LogP contribution in [-0.2, 0) is 12.7 Å². The van der Waals surface area contributed by atoms with E-state index >= 15 is 0 Å². The number of aliphatic hydroxyl groups excluding tert-OH is 1. The van der Waals surface area contributed by atoms with Crippen molar-refractivity contribution in [2.45, 2.75) is 51.1 Å². The molecule has 3 N–H and O–H groups in total. The number of aromatic nitrogens is 5. The fraction of sp³-hybridized carbons (Fsp3) is 0.308. The standard InChI is InChI=1S/C26H24ClF3N6O2/c1-14(37)12-36-24(26(28,29)30)19(11-34-36)23-21(20-8-9-31-13-33-20)18(10-32-23)16-6-3-7-17(22(16)27)25(38)35-15-4-2-5-15/h3,6-11,13-15,32,37H,2,4-5,12H2,1H3,(H,35,38)/t14-/m1/s1. The van der Waals surface area contributed by atoms with Gasteiger partial charge in [0, 0.05) is 40.7 Å². The lowest BCUT2D eigenvalue weighted by Gasteiger charge is -2.26. The number of alkyl halides is 3. The quantitative estimate of drug-likeness (QED) is 0.291. The summed E-state index contributed by atoms with van der Waals surface area (Å²) in [5, 5.41) is 16.8. The maximum absolute atomic E-state index is 14.2. The molecule has 0 radical (unpaired) electrons. The van der Waals surface area contributed by atoms with Crippen LogP contribution in [-0.4, -0.2) is 47.9 Å². The minimum atomic E-state index is -4.76. The second kappa shape index (κ2) is 10.2. The van der Waals surface area contributed by atoms with Gasteiger partial charge in [0.25, 0.3) is 5.91 Å². The second-order valence-electron chi connectivity index (χ2n) is 9.25. The number of carbonyl (C=O) groups is 1. The molecular formula is C26H24ClF3N6O2. The van der Waals surface area contributed by atoms with Gasteiger partial charge in [-0.1, -0.05) is 23.7 Å². The summed E-state index contributed by atoms with van der Waals surface area (Å²) in [6, 6.07) is 6.66. The predicted octanol–water partition coefficient (Wildman–Crippen LogP) is 5.34. The number of hydrogen-bond acceptors (Lipinski definition) is 5. The number of nitrogens with zero attached hydrogens (tertiary/aromatic N) is 4. The van der Waals surface area contributed by atoms with Crippen LogP contribution in [0.4, 0.5) is 13.2 Å². The van der Waals surface area contributed by atoms with Crippen molar-refractivity contribution in [3.8, 4) is 33.6 Å².